The third-order valence-corrected chi connectivity index (χ3v) is 2.42. The maximum absolute atomic E-state index is 11.8. The lowest BCUT2D eigenvalue weighted by molar-refractivity contribution is 0.339. The molecule has 2 aromatic rings. The zero-order valence-corrected chi connectivity index (χ0v) is 9.83. The van der Waals surface area contributed by atoms with Crippen LogP contribution in [0, 0.1) is 6.92 Å². The van der Waals surface area contributed by atoms with Gasteiger partial charge < -0.3 is 9.30 Å². The van der Waals surface area contributed by atoms with Gasteiger partial charge in [0.2, 0.25) is 0 Å². The fraction of sp³-hybridized carbons (Fsp3) is 0.364. The molecule has 0 spiro atoms. The molecule has 0 aromatic carbocycles. The van der Waals surface area contributed by atoms with Crippen LogP contribution in [0.3, 0.4) is 0 Å². The van der Waals surface area contributed by atoms with Gasteiger partial charge in [-0.1, -0.05) is 0 Å². The molecule has 0 unspecified atom stereocenters. The summed E-state index contributed by atoms with van der Waals surface area (Å²) in [5, 5.41) is 0. The lowest BCUT2D eigenvalue weighted by Crippen LogP contribution is -2.24. The maximum Gasteiger partial charge on any atom is 0.299 e. The van der Waals surface area contributed by atoms with E-state index in [9.17, 15) is 4.79 Å². The predicted octanol–water partition coefficient (Wildman–Crippen LogP) is 0.457. The molecule has 0 atom stereocenters. The summed E-state index contributed by atoms with van der Waals surface area (Å²) in [5.74, 6) is 0. The van der Waals surface area contributed by atoms with E-state index < -0.39 is 0 Å². The first-order chi connectivity index (χ1) is 8.20. The Hall–Kier alpha value is -2.11. The highest BCUT2D eigenvalue weighted by atomic mass is 16.5. The van der Waals surface area contributed by atoms with Crippen molar-refractivity contribution < 1.29 is 4.74 Å². The van der Waals surface area contributed by atoms with Crippen LogP contribution in [-0.2, 0) is 13.1 Å². The van der Waals surface area contributed by atoms with Crippen molar-refractivity contribution >= 4 is 0 Å². The van der Waals surface area contributed by atoms with Gasteiger partial charge in [-0.05, 0) is 6.92 Å². The van der Waals surface area contributed by atoms with Crippen molar-refractivity contribution in [2.45, 2.75) is 20.0 Å². The molecule has 0 saturated carbocycles. The largest absolute Gasteiger partial charge is 0.468 e. The fourth-order valence-electron chi connectivity index (χ4n) is 1.59. The van der Waals surface area contributed by atoms with E-state index in [4.69, 9.17) is 4.74 Å². The number of rotatable bonds is 4. The molecule has 0 amide bonds. The standard InChI is InChI=1S/C11H14N4O2/c1-9-7-10(16)15(11(13-9)17-2)6-5-14-4-3-12-8-14/h3-4,7-8H,5-6H2,1-2H3. The molecule has 0 fully saturated rings. The number of aryl methyl sites for hydroxylation is 2. The van der Waals surface area contributed by atoms with Gasteiger partial charge in [-0.2, -0.15) is 0 Å². The third-order valence-electron chi connectivity index (χ3n) is 2.42. The summed E-state index contributed by atoms with van der Waals surface area (Å²) in [6.07, 6.45) is 5.26. The van der Waals surface area contributed by atoms with Crippen LogP contribution < -0.4 is 10.3 Å². The molecule has 6 heteroatoms. The van der Waals surface area contributed by atoms with Crippen molar-refractivity contribution in [1.82, 2.24) is 19.1 Å². The van der Waals surface area contributed by atoms with Gasteiger partial charge in [0.15, 0.2) is 0 Å². The van der Waals surface area contributed by atoms with Crippen molar-refractivity contribution in [3.05, 3.63) is 40.8 Å². The average Bonchev–Trinajstić information content (AvgIpc) is 2.79. The molecule has 0 aliphatic rings. The summed E-state index contributed by atoms with van der Waals surface area (Å²) >= 11 is 0. The van der Waals surface area contributed by atoms with Crippen molar-refractivity contribution in [2.24, 2.45) is 0 Å². The van der Waals surface area contributed by atoms with E-state index >= 15 is 0 Å². The van der Waals surface area contributed by atoms with Gasteiger partial charge in [0, 0.05) is 37.2 Å². The SMILES string of the molecule is COc1nc(C)cc(=O)n1CCn1ccnc1. The summed E-state index contributed by atoms with van der Waals surface area (Å²) in [6, 6.07) is 1.84. The third kappa shape index (κ3) is 2.52. The lowest BCUT2D eigenvalue weighted by Gasteiger charge is -2.10. The number of methoxy groups -OCH3 is 1. The lowest BCUT2D eigenvalue weighted by atomic mass is 10.4. The van der Waals surface area contributed by atoms with E-state index in [1.165, 1.54) is 17.7 Å². The van der Waals surface area contributed by atoms with Crippen LogP contribution in [0.15, 0.2) is 29.6 Å². The van der Waals surface area contributed by atoms with E-state index in [0.717, 1.165) is 0 Å². The molecule has 0 bridgehead atoms. The first-order valence-corrected chi connectivity index (χ1v) is 5.29. The molecule has 90 valence electrons. The van der Waals surface area contributed by atoms with Crippen LogP contribution in [0.25, 0.3) is 0 Å². The van der Waals surface area contributed by atoms with Crippen molar-refractivity contribution in [3.8, 4) is 6.01 Å². The van der Waals surface area contributed by atoms with Gasteiger partial charge in [0.05, 0.1) is 13.4 Å². The fourth-order valence-corrected chi connectivity index (χ4v) is 1.59. The normalized spacial score (nSPS) is 10.5. The highest BCUT2D eigenvalue weighted by Crippen LogP contribution is 2.04. The highest BCUT2D eigenvalue weighted by molar-refractivity contribution is 5.06. The second kappa shape index (κ2) is 4.82. The summed E-state index contributed by atoms with van der Waals surface area (Å²) in [6.45, 7) is 2.93. The second-order valence-electron chi connectivity index (χ2n) is 3.67. The van der Waals surface area contributed by atoms with Gasteiger partial charge in [-0.15, -0.1) is 0 Å². The van der Waals surface area contributed by atoms with Crippen LogP contribution in [-0.4, -0.2) is 26.2 Å². The van der Waals surface area contributed by atoms with E-state index in [1.54, 1.807) is 19.4 Å². The molecule has 0 radical (unpaired) electrons. The topological polar surface area (TPSA) is 61.9 Å². The van der Waals surface area contributed by atoms with Gasteiger partial charge in [0.1, 0.15) is 0 Å². The first-order valence-electron chi connectivity index (χ1n) is 5.29. The van der Waals surface area contributed by atoms with Crippen molar-refractivity contribution in [1.29, 1.82) is 0 Å². The zero-order chi connectivity index (χ0) is 12.3. The zero-order valence-electron chi connectivity index (χ0n) is 9.83. The summed E-state index contributed by atoms with van der Waals surface area (Å²) < 4.78 is 8.51. The van der Waals surface area contributed by atoms with Crippen LogP contribution in [0.5, 0.6) is 6.01 Å². The number of nitrogens with zero attached hydrogens (tertiary/aromatic N) is 4. The Kier molecular flexibility index (Phi) is 3.22. The predicted molar refractivity (Wildman–Crippen MR) is 62.0 cm³/mol. The molecule has 17 heavy (non-hydrogen) atoms. The summed E-state index contributed by atoms with van der Waals surface area (Å²) in [7, 11) is 1.51. The minimum atomic E-state index is -0.102. The number of aromatic nitrogens is 4. The smallest absolute Gasteiger partial charge is 0.299 e. The highest BCUT2D eigenvalue weighted by Gasteiger charge is 2.06. The van der Waals surface area contributed by atoms with Gasteiger partial charge in [-0.25, -0.2) is 9.97 Å². The van der Waals surface area contributed by atoms with Gasteiger partial charge in [0.25, 0.3) is 11.6 Å². The molecule has 2 rings (SSSR count). The maximum atomic E-state index is 11.8. The number of hydrogen-bond acceptors (Lipinski definition) is 4. The van der Waals surface area contributed by atoms with E-state index in [-0.39, 0.29) is 5.56 Å². The Morgan fingerprint density at radius 3 is 2.88 bits per heavy atom. The monoisotopic (exact) mass is 234 g/mol. The molecule has 6 nitrogen and oxygen atoms in total. The Morgan fingerprint density at radius 2 is 2.24 bits per heavy atom. The number of imidazole rings is 1. The van der Waals surface area contributed by atoms with Crippen molar-refractivity contribution in [3.63, 3.8) is 0 Å². The Balaban J connectivity index is 2.23. The van der Waals surface area contributed by atoms with E-state index in [1.807, 2.05) is 10.8 Å². The number of ether oxygens (including phenoxy) is 1. The molecular weight excluding hydrogens is 220 g/mol. The molecule has 2 aromatic heterocycles. The van der Waals surface area contributed by atoms with Crippen LogP contribution in [0.4, 0.5) is 0 Å². The van der Waals surface area contributed by atoms with E-state index in [0.29, 0.717) is 24.8 Å². The first kappa shape index (κ1) is 11.4. The summed E-state index contributed by atoms with van der Waals surface area (Å²) in [4.78, 5) is 19.9. The minimum absolute atomic E-state index is 0.102. The molecular formula is C11H14N4O2. The molecule has 0 aliphatic heterocycles. The minimum Gasteiger partial charge on any atom is -0.468 e. The Morgan fingerprint density at radius 1 is 1.41 bits per heavy atom. The van der Waals surface area contributed by atoms with Gasteiger partial charge in [-0.3, -0.25) is 9.36 Å². The Labute approximate surface area is 98.5 Å². The van der Waals surface area contributed by atoms with E-state index in [2.05, 4.69) is 9.97 Å². The van der Waals surface area contributed by atoms with Gasteiger partial charge >= 0.3 is 0 Å². The molecule has 0 aliphatic carbocycles. The Bertz CT molecular complexity index is 545. The second-order valence-corrected chi connectivity index (χ2v) is 3.67. The number of hydrogen-bond donors (Lipinski definition) is 0. The van der Waals surface area contributed by atoms with Crippen LogP contribution >= 0.6 is 0 Å². The van der Waals surface area contributed by atoms with Crippen LogP contribution in [0.1, 0.15) is 5.69 Å². The summed E-state index contributed by atoms with van der Waals surface area (Å²) in [5.41, 5.74) is 0.556. The van der Waals surface area contributed by atoms with Crippen LogP contribution in [0.2, 0.25) is 0 Å². The molecule has 0 saturated heterocycles. The molecule has 0 N–H and O–H groups in total. The van der Waals surface area contributed by atoms with Crippen molar-refractivity contribution in [2.75, 3.05) is 7.11 Å². The molecule has 2 heterocycles. The average molecular weight is 234 g/mol. The quantitative estimate of drug-likeness (QED) is 0.771.